The Balaban J connectivity index is 0.987. The molecule has 0 spiro atoms. The topological polar surface area (TPSA) is 111 Å². The number of amides is 1. The normalized spacial score (nSPS) is 21.1. The second kappa shape index (κ2) is 9.48. The number of nitrogens with zero attached hydrogens (tertiary/aromatic N) is 6. The van der Waals surface area contributed by atoms with Gasteiger partial charge >= 0.3 is 5.76 Å². The van der Waals surface area contributed by atoms with Crippen molar-refractivity contribution in [2.45, 2.75) is 37.9 Å². The molecule has 10 nitrogen and oxygen atoms in total. The minimum absolute atomic E-state index is 0.197. The van der Waals surface area contributed by atoms with Gasteiger partial charge in [0.2, 0.25) is 5.91 Å². The zero-order chi connectivity index (χ0) is 25.6. The zero-order valence-electron chi connectivity index (χ0n) is 20.7. The van der Waals surface area contributed by atoms with Crippen LogP contribution in [-0.4, -0.2) is 74.1 Å². The van der Waals surface area contributed by atoms with Crippen LogP contribution in [0.1, 0.15) is 23.4 Å². The molecule has 7 rings (SSSR count). The van der Waals surface area contributed by atoms with Crippen molar-refractivity contribution in [3.63, 3.8) is 0 Å². The maximum Gasteiger partial charge on any atom is 0.439 e. The lowest BCUT2D eigenvalue weighted by atomic mass is 10.1. The Morgan fingerprint density at radius 1 is 1.08 bits per heavy atom. The summed E-state index contributed by atoms with van der Waals surface area (Å²) in [4.78, 5) is 44.5. The molecular weight excluding hydrogens is 502 g/mol. The Labute approximate surface area is 222 Å². The first-order valence-corrected chi connectivity index (χ1v) is 13.8. The number of fused-ring (bicyclic) bond motifs is 3. The number of piperazine rings is 1. The van der Waals surface area contributed by atoms with E-state index in [1.807, 2.05) is 35.2 Å². The third-order valence-corrected chi connectivity index (χ3v) is 8.88. The standard InChI is InChI=1S/C27H27N7O3S/c35-24(33-11-10-21-22(15-33)38-26(29-21)17-4-2-1-3-5-17)16-32-13-19-7-8-20(14-32)34(19)23-9-6-18(12-28-23)25-30-27(36)37-31-25/h1-6,9,12,19-20H,7-8,10-11,13-16H2,(H,30,31,36). The molecule has 11 heteroatoms. The molecule has 194 valence electrons. The highest BCUT2D eigenvalue weighted by atomic mass is 32.1. The highest BCUT2D eigenvalue weighted by molar-refractivity contribution is 7.15. The van der Waals surface area contributed by atoms with Crippen LogP contribution in [0.25, 0.3) is 22.0 Å². The summed E-state index contributed by atoms with van der Waals surface area (Å²) in [5.74, 6) is 0.907. The Hall–Kier alpha value is -3.83. The first-order valence-electron chi connectivity index (χ1n) is 13.0. The second-order valence-corrected chi connectivity index (χ2v) is 11.2. The molecular formula is C27H27N7O3S. The summed E-state index contributed by atoms with van der Waals surface area (Å²) >= 11 is 1.71. The smallest absolute Gasteiger partial charge is 0.348 e. The van der Waals surface area contributed by atoms with E-state index in [9.17, 15) is 9.59 Å². The average Bonchev–Trinajstić information content (AvgIpc) is 3.64. The highest BCUT2D eigenvalue weighted by Gasteiger charge is 2.41. The molecule has 2 saturated heterocycles. The quantitative estimate of drug-likeness (QED) is 0.420. The number of rotatable bonds is 5. The average molecular weight is 530 g/mol. The molecule has 2 atom stereocenters. The van der Waals surface area contributed by atoms with E-state index < -0.39 is 5.76 Å². The van der Waals surface area contributed by atoms with Gasteiger partial charge in [0.25, 0.3) is 0 Å². The molecule has 2 fully saturated rings. The molecule has 1 N–H and O–H groups in total. The third kappa shape index (κ3) is 4.31. The lowest BCUT2D eigenvalue weighted by Crippen LogP contribution is -2.56. The largest absolute Gasteiger partial charge is 0.439 e. The van der Waals surface area contributed by atoms with Crippen LogP contribution in [-0.2, 0) is 17.8 Å². The summed E-state index contributed by atoms with van der Waals surface area (Å²) < 4.78 is 4.60. The lowest BCUT2D eigenvalue weighted by Gasteiger charge is -2.42. The van der Waals surface area contributed by atoms with Crippen LogP contribution in [0.4, 0.5) is 5.82 Å². The summed E-state index contributed by atoms with van der Waals surface area (Å²) in [5.41, 5.74) is 2.98. The van der Waals surface area contributed by atoms with Crippen molar-refractivity contribution in [1.82, 2.24) is 29.9 Å². The van der Waals surface area contributed by atoms with E-state index >= 15 is 0 Å². The lowest BCUT2D eigenvalue weighted by molar-refractivity contribution is -0.133. The molecule has 4 aromatic rings. The van der Waals surface area contributed by atoms with Crippen molar-refractivity contribution in [3.8, 4) is 22.0 Å². The maximum atomic E-state index is 13.3. The van der Waals surface area contributed by atoms with Gasteiger partial charge in [-0.15, -0.1) is 11.3 Å². The van der Waals surface area contributed by atoms with Crippen LogP contribution in [0.15, 0.2) is 58.0 Å². The number of nitrogens with one attached hydrogen (secondary N) is 1. The van der Waals surface area contributed by atoms with Crippen LogP contribution in [0.2, 0.25) is 0 Å². The molecule has 3 aromatic heterocycles. The van der Waals surface area contributed by atoms with Crippen molar-refractivity contribution >= 4 is 23.1 Å². The number of carbonyl (C=O) groups excluding carboxylic acids is 1. The van der Waals surface area contributed by atoms with Crippen LogP contribution < -0.4 is 10.7 Å². The molecule has 3 aliphatic rings. The van der Waals surface area contributed by atoms with E-state index in [0.717, 1.165) is 61.0 Å². The summed E-state index contributed by atoms with van der Waals surface area (Å²) in [5, 5.41) is 4.77. The second-order valence-electron chi connectivity index (χ2n) is 10.2. The predicted molar refractivity (Wildman–Crippen MR) is 143 cm³/mol. The molecule has 6 heterocycles. The fourth-order valence-corrected chi connectivity index (χ4v) is 7.06. The Kier molecular flexibility index (Phi) is 5.81. The maximum absolute atomic E-state index is 13.3. The number of hydrogen-bond acceptors (Lipinski definition) is 9. The van der Waals surface area contributed by atoms with E-state index in [1.54, 1.807) is 17.5 Å². The third-order valence-electron chi connectivity index (χ3n) is 7.75. The zero-order valence-corrected chi connectivity index (χ0v) is 21.6. The molecule has 1 amide bonds. The van der Waals surface area contributed by atoms with E-state index in [4.69, 9.17) is 4.98 Å². The van der Waals surface area contributed by atoms with E-state index in [1.165, 1.54) is 4.88 Å². The van der Waals surface area contributed by atoms with E-state index in [-0.39, 0.29) is 5.91 Å². The van der Waals surface area contributed by atoms with Gasteiger partial charge in [-0.1, -0.05) is 35.5 Å². The SMILES string of the molecule is O=C(CN1CC2CCC(C1)N2c1ccc(-c2noc(=O)[nH]2)cn1)N1CCc2nc(-c3ccccc3)sc2C1. The first kappa shape index (κ1) is 23.3. The van der Waals surface area contributed by atoms with Crippen molar-refractivity contribution in [1.29, 1.82) is 0 Å². The number of thiazole rings is 1. The van der Waals surface area contributed by atoms with Crippen LogP contribution >= 0.6 is 11.3 Å². The first-order chi connectivity index (χ1) is 18.6. The fourth-order valence-electron chi connectivity index (χ4n) is 5.93. The van der Waals surface area contributed by atoms with Crippen molar-refractivity contribution in [2.24, 2.45) is 0 Å². The molecule has 3 aliphatic heterocycles. The van der Waals surface area contributed by atoms with Gasteiger partial charge in [0.1, 0.15) is 10.8 Å². The van der Waals surface area contributed by atoms with Gasteiger partial charge < -0.3 is 9.80 Å². The molecule has 38 heavy (non-hydrogen) atoms. The van der Waals surface area contributed by atoms with Crippen molar-refractivity contribution < 1.29 is 9.32 Å². The van der Waals surface area contributed by atoms with E-state index in [0.29, 0.717) is 36.6 Å². The monoisotopic (exact) mass is 529 g/mol. The summed E-state index contributed by atoms with van der Waals surface area (Å²) in [7, 11) is 0. The van der Waals surface area contributed by atoms with Gasteiger partial charge in [-0.2, -0.15) is 0 Å². The molecule has 0 aliphatic carbocycles. The molecule has 1 aromatic carbocycles. The summed E-state index contributed by atoms with van der Waals surface area (Å²) in [6, 6.07) is 14.8. The molecule has 0 saturated carbocycles. The van der Waals surface area contributed by atoms with Crippen LogP contribution in [0.3, 0.4) is 0 Å². The molecule has 2 bridgehead atoms. The van der Waals surface area contributed by atoms with Crippen LogP contribution in [0.5, 0.6) is 0 Å². The van der Waals surface area contributed by atoms with Crippen molar-refractivity contribution in [2.75, 3.05) is 31.1 Å². The highest BCUT2D eigenvalue weighted by Crippen LogP contribution is 2.35. The summed E-state index contributed by atoms with van der Waals surface area (Å²) in [6.07, 6.45) is 4.70. The number of likely N-dealkylation sites (tertiary alicyclic amines) is 1. The van der Waals surface area contributed by atoms with Crippen LogP contribution in [0, 0.1) is 0 Å². The molecule has 2 unspecified atom stereocenters. The number of H-pyrrole nitrogens is 1. The van der Waals surface area contributed by atoms with Gasteiger partial charge in [0.15, 0.2) is 5.82 Å². The minimum Gasteiger partial charge on any atom is -0.348 e. The number of carbonyl (C=O) groups is 1. The molecule has 0 radical (unpaired) electrons. The van der Waals surface area contributed by atoms with Gasteiger partial charge in [-0.3, -0.25) is 19.2 Å². The van der Waals surface area contributed by atoms with Gasteiger partial charge in [0, 0.05) is 60.3 Å². The number of hydrogen-bond donors (Lipinski definition) is 1. The predicted octanol–water partition coefficient (Wildman–Crippen LogP) is 2.79. The van der Waals surface area contributed by atoms with Gasteiger partial charge in [-0.25, -0.2) is 14.8 Å². The number of aromatic amines is 1. The Morgan fingerprint density at radius 2 is 1.89 bits per heavy atom. The summed E-state index contributed by atoms with van der Waals surface area (Å²) in [6.45, 7) is 3.52. The van der Waals surface area contributed by atoms with Gasteiger partial charge in [-0.05, 0) is 25.0 Å². The van der Waals surface area contributed by atoms with E-state index in [2.05, 4.69) is 41.6 Å². The Bertz CT molecular complexity index is 1500. The van der Waals surface area contributed by atoms with Crippen molar-refractivity contribution in [3.05, 3.63) is 69.8 Å². The minimum atomic E-state index is -0.582. The Morgan fingerprint density at radius 3 is 2.61 bits per heavy atom. The number of anilines is 1. The van der Waals surface area contributed by atoms with Gasteiger partial charge in [0.05, 0.1) is 18.8 Å². The number of aromatic nitrogens is 4. The number of pyridine rings is 1. The number of benzene rings is 1. The fraction of sp³-hybridized carbons (Fsp3) is 0.370.